The number of hydrogen-bond donors (Lipinski definition) is 1. The van der Waals surface area contributed by atoms with E-state index in [2.05, 4.69) is 0 Å². The molecule has 0 heterocycles. The summed E-state index contributed by atoms with van der Waals surface area (Å²) in [5.74, 6) is -0.816. The van der Waals surface area contributed by atoms with Crippen LogP contribution in [-0.2, 0) is 27.3 Å². The van der Waals surface area contributed by atoms with Crippen LogP contribution in [0.15, 0.2) is 24.3 Å². The van der Waals surface area contributed by atoms with E-state index in [0.29, 0.717) is 19.8 Å². The summed E-state index contributed by atoms with van der Waals surface area (Å²) < 4.78 is 10.2. The number of benzene rings is 1. The average molecular weight is 224 g/mol. The lowest BCUT2D eigenvalue weighted by Crippen LogP contribution is -2.02. The first kappa shape index (κ1) is 12.7. The van der Waals surface area contributed by atoms with Gasteiger partial charge in [0, 0.05) is 7.11 Å². The summed E-state index contributed by atoms with van der Waals surface area (Å²) in [4.78, 5) is 10.5. The third-order valence-corrected chi connectivity index (χ3v) is 2.08. The quantitative estimate of drug-likeness (QED) is 0.713. The minimum Gasteiger partial charge on any atom is -0.481 e. The molecule has 0 aromatic heterocycles. The van der Waals surface area contributed by atoms with Crippen LogP contribution in [0.25, 0.3) is 0 Å². The van der Waals surface area contributed by atoms with Gasteiger partial charge in [-0.25, -0.2) is 0 Å². The lowest BCUT2D eigenvalue weighted by Gasteiger charge is -2.04. The van der Waals surface area contributed by atoms with Crippen molar-refractivity contribution in [3.8, 4) is 0 Å². The Hall–Kier alpha value is -1.39. The van der Waals surface area contributed by atoms with Gasteiger partial charge in [0.25, 0.3) is 0 Å². The van der Waals surface area contributed by atoms with Gasteiger partial charge >= 0.3 is 5.97 Å². The SMILES string of the molecule is COCCOCc1ccc(CC(=O)O)cc1. The van der Waals surface area contributed by atoms with Crippen molar-refractivity contribution in [2.24, 2.45) is 0 Å². The summed E-state index contributed by atoms with van der Waals surface area (Å²) in [7, 11) is 1.63. The summed E-state index contributed by atoms with van der Waals surface area (Å²) in [5, 5.41) is 8.60. The second kappa shape index (κ2) is 6.98. The number of carboxylic acid groups (broad SMARTS) is 1. The third-order valence-electron chi connectivity index (χ3n) is 2.08. The molecule has 0 fully saturated rings. The maximum atomic E-state index is 10.5. The maximum absolute atomic E-state index is 10.5. The smallest absolute Gasteiger partial charge is 0.307 e. The fraction of sp³-hybridized carbons (Fsp3) is 0.417. The van der Waals surface area contributed by atoms with E-state index < -0.39 is 5.97 Å². The molecule has 0 aliphatic carbocycles. The molecule has 16 heavy (non-hydrogen) atoms. The molecule has 4 nitrogen and oxygen atoms in total. The molecule has 0 unspecified atom stereocenters. The van der Waals surface area contributed by atoms with Crippen LogP contribution in [-0.4, -0.2) is 31.4 Å². The molecule has 0 radical (unpaired) electrons. The Labute approximate surface area is 94.8 Å². The van der Waals surface area contributed by atoms with E-state index in [1.807, 2.05) is 24.3 Å². The lowest BCUT2D eigenvalue weighted by molar-refractivity contribution is -0.136. The van der Waals surface area contributed by atoms with Crippen molar-refractivity contribution in [1.29, 1.82) is 0 Å². The Bertz CT molecular complexity index is 318. The van der Waals surface area contributed by atoms with E-state index in [4.69, 9.17) is 14.6 Å². The van der Waals surface area contributed by atoms with Gasteiger partial charge in [-0.3, -0.25) is 4.79 Å². The first-order valence-electron chi connectivity index (χ1n) is 5.08. The monoisotopic (exact) mass is 224 g/mol. The maximum Gasteiger partial charge on any atom is 0.307 e. The van der Waals surface area contributed by atoms with Crippen LogP contribution in [0.5, 0.6) is 0 Å². The van der Waals surface area contributed by atoms with E-state index in [1.165, 1.54) is 0 Å². The number of rotatable bonds is 7. The van der Waals surface area contributed by atoms with Crippen molar-refractivity contribution in [3.05, 3.63) is 35.4 Å². The molecule has 0 amide bonds. The van der Waals surface area contributed by atoms with Gasteiger partial charge in [0.1, 0.15) is 0 Å². The van der Waals surface area contributed by atoms with Gasteiger partial charge in [0.2, 0.25) is 0 Å². The van der Waals surface area contributed by atoms with E-state index in [0.717, 1.165) is 11.1 Å². The largest absolute Gasteiger partial charge is 0.481 e. The Kier molecular flexibility index (Phi) is 5.53. The summed E-state index contributed by atoms with van der Waals surface area (Å²) in [5.41, 5.74) is 1.83. The molecule has 0 atom stereocenters. The Morgan fingerprint density at radius 1 is 1.19 bits per heavy atom. The number of methoxy groups -OCH3 is 1. The van der Waals surface area contributed by atoms with Gasteiger partial charge in [-0.05, 0) is 11.1 Å². The highest BCUT2D eigenvalue weighted by Gasteiger charge is 2.00. The number of carbonyl (C=O) groups is 1. The van der Waals surface area contributed by atoms with E-state index in [-0.39, 0.29) is 6.42 Å². The minimum atomic E-state index is -0.816. The first-order valence-corrected chi connectivity index (χ1v) is 5.08. The lowest BCUT2D eigenvalue weighted by atomic mass is 10.1. The molecular weight excluding hydrogens is 208 g/mol. The highest BCUT2D eigenvalue weighted by atomic mass is 16.5. The Morgan fingerprint density at radius 2 is 1.81 bits per heavy atom. The predicted molar refractivity (Wildman–Crippen MR) is 59.3 cm³/mol. The molecule has 1 aromatic rings. The van der Waals surface area contributed by atoms with Crippen LogP contribution >= 0.6 is 0 Å². The highest BCUT2D eigenvalue weighted by Crippen LogP contribution is 2.06. The molecule has 0 saturated heterocycles. The van der Waals surface area contributed by atoms with Crippen LogP contribution in [0, 0.1) is 0 Å². The molecule has 0 aliphatic rings. The second-order valence-corrected chi connectivity index (χ2v) is 3.43. The van der Waals surface area contributed by atoms with Gasteiger partial charge in [-0.15, -0.1) is 0 Å². The van der Waals surface area contributed by atoms with E-state index in [1.54, 1.807) is 7.11 Å². The van der Waals surface area contributed by atoms with Gasteiger partial charge in [0.05, 0.1) is 26.2 Å². The fourth-order valence-corrected chi connectivity index (χ4v) is 1.26. The van der Waals surface area contributed by atoms with Crippen LogP contribution in [0.1, 0.15) is 11.1 Å². The van der Waals surface area contributed by atoms with Crippen molar-refractivity contribution < 1.29 is 19.4 Å². The van der Waals surface area contributed by atoms with Crippen LogP contribution < -0.4 is 0 Å². The number of hydrogen-bond acceptors (Lipinski definition) is 3. The third kappa shape index (κ3) is 4.91. The number of ether oxygens (including phenoxy) is 2. The zero-order valence-corrected chi connectivity index (χ0v) is 9.31. The van der Waals surface area contributed by atoms with Crippen molar-refractivity contribution in [2.45, 2.75) is 13.0 Å². The van der Waals surface area contributed by atoms with Crippen LogP contribution in [0.4, 0.5) is 0 Å². The molecular formula is C12H16O4. The summed E-state index contributed by atoms with van der Waals surface area (Å²) in [6.45, 7) is 1.67. The van der Waals surface area contributed by atoms with Gasteiger partial charge in [0.15, 0.2) is 0 Å². The summed E-state index contributed by atoms with van der Waals surface area (Å²) in [6, 6.07) is 7.38. The van der Waals surface area contributed by atoms with Crippen molar-refractivity contribution >= 4 is 5.97 Å². The van der Waals surface area contributed by atoms with Gasteiger partial charge < -0.3 is 14.6 Å². The summed E-state index contributed by atoms with van der Waals surface area (Å²) >= 11 is 0. The van der Waals surface area contributed by atoms with Crippen molar-refractivity contribution in [2.75, 3.05) is 20.3 Å². The van der Waals surface area contributed by atoms with Gasteiger partial charge in [-0.2, -0.15) is 0 Å². The zero-order valence-electron chi connectivity index (χ0n) is 9.31. The zero-order chi connectivity index (χ0) is 11.8. The molecule has 0 spiro atoms. The molecule has 1 aromatic carbocycles. The number of aliphatic carboxylic acids is 1. The number of carboxylic acids is 1. The summed E-state index contributed by atoms with van der Waals surface area (Å²) in [6.07, 6.45) is 0.0603. The van der Waals surface area contributed by atoms with Crippen molar-refractivity contribution in [1.82, 2.24) is 0 Å². The minimum absolute atomic E-state index is 0.0603. The van der Waals surface area contributed by atoms with E-state index >= 15 is 0 Å². The highest BCUT2D eigenvalue weighted by molar-refractivity contribution is 5.70. The predicted octanol–water partition coefficient (Wildman–Crippen LogP) is 1.48. The molecule has 1 rings (SSSR count). The fourth-order valence-electron chi connectivity index (χ4n) is 1.26. The average Bonchev–Trinajstić information content (AvgIpc) is 2.26. The molecule has 0 aliphatic heterocycles. The van der Waals surface area contributed by atoms with Crippen molar-refractivity contribution in [3.63, 3.8) is 0 Å². The molecule has 0 saturated carbocycles. The standard InChI is InChI=1S/C12H16O4/c1-15-6-7-16-9-11-4-2-10(3-5-11)8-12(13)14/h2-5H,6-9H2,1H3,(H,13,14). The van der Waals surface area contributed by atoms with Crippen LogP contribution in [0.2, 0.25) is 0 Å². The molecule has 1 N–H and O–H groups in total. The Balaban J connectivity index is 2.36. The van der Waals surface area contributed by atoms with Crippen LogP contribution in [0.3, 0.4) is 0 Å². The molecule has 0 bridgehead atoms. The van der Waals surface area contributed by atoms with Gasteiger partial charge in [-0.1, -0.05) is 24.3 Å². The topological polar surface area (TPSA) is 55.8 Å². The first-order chi connectivity index (χ1) is 7.72. The Morgan fingerprint density at radius 3 is 2.38 bits per heavy atom. The molecule has 4 heteroatoms. The second-order valence-electron chi connectivity index (χ2n) is 3.43. The van der Waals surface area contributed by atoms with E-state index in [9.17, 15) is 4.79 Å². The molecule has 88 valence electrons. The normalized spacial score (nSPS) is 10.3.